The van der Waals surface area contributed by atoms with E-state index in [1.807, 2.05) is 33.0 Å². The van der Waals surface area contributed by atoms with Crippen LogP contribution in [-0.2, 0) is 4.74 Å². The maximum Gasteiger partial charge on any atom is 0.407 e. The van der Waals surface area contributed by atoms with Crippen LogP contribution in [0.25, 0.3) is 0 Å². The lowest BCUT2D eigenvalue weighted by atomic mass is 9.93. The molecule has 1 aliphatic carbocycles. The number of nitrogens with one attached hydrogen (secondary N) is 1. The molecule has 1 aromatic heterocycles. The van der Waals surface area contributed by atoms with Crippen LogP contribution in [0, 0.1) is 0 Å². The number of amides is 1. The molecular formula is C21H33N3O3. The first-order valence-corrected chi connectivity index (χ1v) is 10.3. The quantitative estimate of drug-likeness (QED) is 0.851. The third kappa shape index (κ3) is 6.29. The van der Waals surface area contributed by atoms with Gasteiger partial charge in [0.05, 0.1) is 6.10 Å². The highest BCUT2D eigenvalue weighted by Gasteiger charge is 2.26. The molecular weight excluding hydrogens is 342 g/mol. The van der Waals surface area contributed by atoms with E-state index in [2.05, 4.69) is 21.3 Å². The van der Waals surface area contributed by atoms with E-state index in [-0.39, 0.29) is 18.2 Å². The summed E-state index contributed by atoms with van der Waals surface area (Å²) >= 11 is 0. The molecule has 0 aromatic carbocycles. The molecule has 0 unspecified atom stereocenters. The van der Waals surface area contributed by atoms with Crippen LogP contribution in [0.3, 0.4) is 0 Å². The first-order chi connectivity index (χ1) is 12.9. The Morgan fingerprint density at radius 2 is 1.85 bits per heavy atom. The molecule has 1 amide bonds. The first kappa shape index (κ1) is 19.8. The second-order valence-corrected chi connectivity index (χ2v) is 8.64. The number of hydrogen-bond acceptors (Lipinski definition) is 5. The molecule has 1 aliphatic heterocycles. The van der Waals surface area contributed by atoms with E-state index in [1.54, 1.807) is 0 Å². The van der Waals surface area contributed by atoms with Crippen molar-refractivity contribution in [1.82, 2.24) is 10.3 Å². The number of piperidine rings is 1. The molecule has 0 bridgehead atoms. The van der Waals surface area contributed by atoms with Crippen LogP contribution in [0.4, 0.5) is 10.6 Å². The zero-order chi connectivity index (χ0) is 19.3. The van der Waals surface area contributed by atoms with Crippen molar-refractivity contribution in [2.45, 2.75) is 83.5 Å². The smallest absolute Gasteiger partial charge is 0.407 e. The number of nitrogens with zero attached hydrogens (tertiary/aromatic N) is 2. The molecule has 2 fully saturated rings. The largest absolute Gasteiger partial charge is 0.490 e. The summed E-state index contributed by atoms with van der Waals surface area (Å²) in [5.74, 6) is 1.92. The van der Waals surface area contributed by atoms with Gasteiger partial charge in [-0.25, -0.2) is 9.78 Å². The monoisotopic (exact) mass is 375 g/mol. The Hall–Kier alpha value is -1.98. The highest BCUT2D eigenvalue weighted by Crippen LogP contribution is 2.27. The average Bonchev–Trinajstić information content (AvgIpc) is 2.63. The summed E-state index contributed by atoms with van der Waals surface area (Å²) in [6.07, 6.45) is 9.18. The average molecular weight is 376 g/mol. The second kappa shape index (κ2) is 8.81. The maximum atomic E-state index is 11.9. The molecule has 1 aromatic rings. The van der Waals surface area contributed by atoms with E-state index in [0.717, 1.165) is 50.3 Å². The molecule has 27 heavy (non-hydrogen) atoms. The van der Waals surface area contributed by atoms with Crippen molar-refractivity contribution < 1.29 is 14.3 Å². The van der Waals surface area contributed by atoms with Gasteiger partial charge in [-0.05, 0) is 71.8 Å². The van der Waals surface area contributed by atoms with Crippen molar-refractivity contribution in [3.05, 3.63) is 18.3 Å². The number of hydrogen-bond donors (Lipinski definition) is 1. The van der Waals surface area contributed by atoms with Crippen LogP contribution in [0.5, 0.6) is 5.75 Å². The van der Waals surface area contributed by atoms with Gasteiger partial charge < -0.3 is 19.7 Å². The van der Waals surface area contributed by atoms with Crippen molar-refractivity contribution in [2.75, 3.05) is 18.0 Å². The van der Waals surface area contributed by atoms with E-state index < -0.39 is 5.60 Å². The highest BCUT2D eigenvalue weighted by molar-refractivity contribution is 5.68. The Kier molecular flexibility index (Phi) is 6.45. The summed E-state index contributed by atoms with van der Waals surface area (Å²) in [4.78, 5) is 18.8. The Bertz CT molecular complexity index is 615. The van der Waals surface area contributed by atoms with Gasteiger partial charge in [0.15, 0.2) is 0 Å². The van der Waals surface area contributed by atoms with Crippen LogP contribution >= 0.6 is 0 Å². The molecule has 150 valence electrons. The molecule has 6 nitrogen and oxygen atoms in total. The van der Waals surface area contributed by atoms with Crippen molar-refractivity contribution in [2.24, 2.45) is 0 Å². The number of pyridine rings is 1. The summed E-state index contributed by atoms with van der Waals surface area (Å²) < 4.78 is 11.6. The van der Waals surface area contributed by atoms with Gasteiger partial charge in [0.25, 0.3) is 0 Å². The third-order valence-electron chi connectivity index (χ3n) is 5.09. The molecule has 2 heterocycles. The van der Waals surface area contributed by atoms with Crippen LogP contribution < -0.4 is 15.0 Å². The lowest BCUT2D eigenvalue weighted by Gasteiger charge is -2.31. The minimum Gasteiger partial charge on any atom is -0.490 e. The van der Waals surface area contributed by atoms with Crippen molar-refractivity contribution >= 4 is 11.9 Å². The molecule has 3 rings (SSSR count). The number of alkyl carbamates (subject to hydrolysis) is 1. The number of carbonyl (C=O) groups excluding carboxylic acids is 1. The lowest BCUT2D eigenvalue weighted by molar-refractivity contribution is 0.0471. The summed E-state index contributed by atoms with van der Waals surface area (Å²) in [6.45, 7) is 7.80. The van der Waals surface area contributed by atoms with Gasteiger partial charge in [0.1, 0.15) is 17.2 Å². The zero-order valence-electron chi connectivity index (χ0n) is 16.9. The van der Waals surface area contributed by atoms with Crippen LogP contribution in [0.15, 0.2) is 18.3 Å². The molecule has 0 radical (unpaired) electrons. The molecule has 0 atom stereocenters. The third-order valence-corrected chi connectivity index (χ3v) is 5.09. The summed E-state index contributed by atoms with van der Waals surface area (Å²) in [6, 6.07) is 4.18. The predicted octanol–water partition coefficient (Wildman–Crippen LogP) is 4.29. The van der Waals surface area contributed by atoms with Crippen LogP contribution in [0.1, 0.15) is 65.7 Å². The Morgan fingerprint density at radius 1 is 1.15 bits per heavy atom. The Balaban J connectivity index is 1.46. The van der Waals surface area contributed by atoms with E-state index in [1.165, 1.54) is 19.3 Å². The van der Waals surface area contributed by atoms with Gasteiger partial charge in [0.2, 0.25) is 0 Å². The highest BCUT2D eigenvalue weighted by atomic mass is 16.6. The number of ether oxygens (including phenoxy) is 2. The molecule has 0 spiro atoms. The van der Waals surface area contributed by atoms with Gasteiger partial charge in [-0.1, -0.05) is 0 Å². The number of rotatable bonds is 4. The van der Waals surface area contributed by atoms with Crippen LogP contribution in [0.2, 0.25) is 0 Å². The fraction of sp³-hybridized carbons (Fsp3) is 0.714. The van der Waals surface area contributed by atoms with Gasteiger partial charge >= 0.3 is 6.09 Å². The summed E-state index contributed by atoms with van der Waals surface area (Å²) in [7, 11) is 0. The van der Waals surface area contributed by atoms with Crippen molar-refractivity contribution in [3.63, 3.8) is 0 Å². The van der Waals surface area contributed by atoms with Gasteiger partial charge in [-0.2, -0.15) is 0 Å². The fourth-order valence-corrected chi connectivity index (χ4v) is 3.76. The Morgan fingerprint density at radius 3 is 2.52 bits per heavy atom. The Labute approximate surface area is 162 Å². The number of aromatic nitrogens is 1. The molecule has 6 heteroatoms. The van der Waals surface area contributed by atoms with Gasteiger partial charge in [-0.15, -0.1) is 0 Å². The standard InChI is InChI=1S/C21H33N3O3/c1-21(2,3)27-20(25)23-16-7-9-17(10-8-16)26-18-11-12-22-19(15-18)24-13-5-4-6-14-24/h11-12,15-17H,4-10,13-14H2,1-3H3,(H,23,25). The van der Waals surface area contributed by atoms with Gasteiger partial charge in [0, 0.05) is 31.4 Å². The second-order valence-electron chi connectivity index (χ2n) is 8.64. The fourth-order valence-electron chi connectivity index (χ4n) is 3.76. The summed E-state index contributed by atoms with van der Waals surface area (Å²) in [5.41, 5.74) is -0.461. The van der Waals surface area contributed by atoms with E-state index in [4.69, 9.17) is 9.47 Å². The number of carbonyl (C=O) groups is 1. The minimum atomic E-state index is -0.461. The zero-order valence-corrected chi connectivity index (χ0v) is 16.9. The summed E-state index contributed by atoms with van der Waals surface area (Å²) in [5, 5.41) is 2.98. The van der Waals surface area contributed by atoms with Crippen molar-refractivity contribution in [3.8, 4) is 5.75 Å². The maximum absolute atomic E-state index is 11.9. The molecule has 2 aliphatic rings. The van der Waals surface area contributed by atoms with E-state index in [9.17, 15) is 4.79 Å². The molecule has 1 saturated carbocycles. The SMILES string of the molecule is CC(C)(C)OC(=O)NC1CCC(Oc2ccnc(N3CCCCC3)c2)CC1. The first-order valence-electron chi connectivity index (χ1n) is 10.3. The minimum absolute atomic E-state index is 0.168. The van der Waals surface area contributed by atoms with E-state index >= 15 is 0 Å². The molecule has 1 saturated heterocycles. The topological polar surface area (TPSA) is 63.7 Å². The van der Waals surface area contributed by atoms with Gasteiger partial charge in [-0.3, -0.25) is 0 Å². The van der Waals surface area contributed by atoms with Crippen LogP contribution in [-0.4, -0.2) is 41.9 Å². The lowest BCUT2D eigenvalue weighted by Crippen LogP contribution is -2.42. The predicted molar refractivity (Wildman–Crippen MR) is 106 cm³/mol. The van der Waals surface area contributed by atoms with Crippen molar-refractivity contribution in [1.29, 1.82) is 0 Å². The number of anilines is 1. The normalized spacial score (nSPS) is 23.6. The van der Waals surface area contributed by atoms with E-state index in [0.29, 0.717) is 0 Å². The molecule has 1 N–H and O–H groups in total.